The van der Waals surface area contributed by atoms with E-state index in [0.717, 1.165) is 6.54 Å². The Kier molecular flexibility index (Phi) is 5.09. The quantitative estimate of drug-likeness (QED) is 0.795. The molecule has 0 aliphatic carbocycles. The molecule has 0 amide bonds. The summed E-state index contributed by atoms with van der Waals surface area (Å²) in [7, 11) is 0. The maximum Gasteiger partial charge on any atom is 0.0401 e. The van der Waals surface area contributed by atoms with Crippen molar-refractivity contribution in [1.82, 2.24) is 0 Å². The minimum absolute atomic E-state index is 0.297. The van der Waals surface area contributed by atoms with Gasteiger partial charge in [-0.25, -0.2) is 0 Å². The highest BCUT2D eigenvalue weighted by atomic mass is 15.2. The van der Waals surface area contributed by atoms with E-state index in [1.165, 1.54) is 49.9 Å². The molecular formula is C18H30N2. The molecular weight excluding hydrogens is 244 g/mol. The molecule has 1 aromatic carbocycles. The van der Waals surface area contributed by atoms with Gasteiger partial charge in [-0.3, -0.25) is 0 Å². The van der Waals surface area contributed by atoms with Crippen LogP contribution >= 0.6 is 0 Å². The van der Waals surface area contributed by atoms with Gasteiger partial charge in [0.25, 0.3) is 0 Å². The number of rotatable bonds is 6. The number of hydrogen-bond acceptors (Lipinski definition) is 2. The molecule has 1 aliphatic rings. The van der Waals surface area contributed by atoms with Gasteiger partial charge in [0, 0.05) is 18.3 Å². The smallest absolute Gasteiger partial charge is 0.0401 e. The largest absolute Gasteiger partial charge is 0.369 e. The van der Waals surface area contributed by atoms with Crippen LogP contribution in [-0.2, 0) is 6.42 Å². The number of fused-ring (bicyclic) bond motifs is 1. The lowest BCUT2D eigenvalue weighted by molar-refractivity contribution is 0.332. The molecule has 0 saturated heterocycles. The molecule has 1 aliphatic heterocycles. The molecule has 1 unspecified atom stereocenters. The minimum Gasteiger partial charge on any atom is -0.369 e. The summed E-state index contributed by atoms with van der Waals surface area (Å²) >= 11 is 0. The Morgan fingerprint density at radius 3 is 2.75 bits per heavy atom. The van der Waals surface area contributed by atoms with E-state index in [1.54, 1.807) is 0 Å². The third-order valence-corrected chi connectivity index (χ3v) is 4.72. The molecule has 112 valence electrons. The highest BCUT2D eigenvalue weighted by Crippen LogP contribution is 2.31. The van der Waals surface area contributed by atoms with Crippen molar-refractivity contribution in [2.75, 3.05) is 18.0 Å². The summed E-state index contributed by atoms with van der Waals surface area (Å²) in [6.45, 7) is 8.87. The zero-order valence-electron chi connectivity index (χ0n) is 13.4. The Morgan fingerprint density at radius 2 is 2.00 bits per heavy atom. The number of benzene rings is 1. The average Bonchev–Trinajstić information content (AvgIpc) is 2.45. The molecule has 0 saturated carbocycles. The zero-order valence-corrected chi connectivity index (χ0v) is 13.4. The van der Waals surface area contributed by atoms with Gasteiger partial charge in [-0.1, -0.05) is 38.5 Å². The summed E-state index contributed by atoms with van der Waals surface area (Å²) in [5.74, 6) is 0. The van der Waals surface area contributed by atoms with Crippen molar-refractivity contribution in [2.45, 2.75) is 58.9 Å². The van der Waals surface area contributed by atoms with Crippen LogP contribution in [0.5, 0.6) is 0 Å². The summed E-state index contributed by atoms with van der Waals surface area (Å²) in [5.41, 5.74) is 9.09. The number of nitrogens with zero attached hydrogens (tertiary/aromatic N) is 1. The fraction of sp³-hybridized carbons (Fsp3) is 0.667. The Balaban J connectivity index is 1.89. The lowest BCUT2D eigenvalue weighted by atomic mass is 9.87. The molecule has 0 spiro atoms. The van der Waals surface area contributed by atoms with Gasteiger partial charge in [0.2, 0.25) is 0 Å². The second-order valence-electron chi connectivity index (χ2n) is 7.04. The maximum atomic E-state index is 5.81. The van der Waals surface area contributed by atoms with Gasteiger partial charge in [-0.2, -0.15) is 0 Å². The van der Waals surface area contributed by atoms with Crippen molar-refractivity contribution in [2.24, 2.45) is 11.1 Å². The van der Waals surface area contributed by atoms with Crippen molar-refractivity contribution in [3.63, 3.8) is 0 Å². The van der Waals surface area contributed by atoms with E-state index in [1.807, 2.05) is 0 Å². The number of anilines is 1. The molecule has 0 radical (unpaired) electrons. The molecule has 0 aromatic heterocycles. The standard InChI is InChI=1S/C18H30N2/c1-15-10-11-16-8-4-5-9-17(16)20(15)13-7-6-12-18(2,3)14-19/h4-5,8-9,15H,6-7,10-14,19H2,1-3H3. The van der Waals surface area contributed by atoms with E-state index >= 15 is 0 Å². The minimum atomic E-state index is 0.297. The van der Waals surface area contributed by atoms with Gasteiger partial charge in [-0.05, 0) is 56.2 Å². The molecule has 2 heteroatoms. The first-order chi connectivity index (χ1) is 9.53. The number of hydrogen-bond donors (Lipinski definition) is 1. The molecule has 0 bridgehead atoms. The number of nitrogens with two attached hydrogens (primary N) is 1. The van der Waals surface area contributed by atoms with Crippen LogP contribution in [0.1, 0.15) is 52.0 Å². The van der Waals surface area contributed by atoms with Gasteiger partial charge in [0.05, 0.1) is 0 Å². The maximum absolute atomic E-state index is 5.81. The van der Waals surface area contributed by atoms with E-state index in [-0.39, 0.29) is 0 Å². The van der Waals surface area contributed by atoms with Crippen LogP contribution in [0.4, 0.5) is 5.69 Å². The predicted molar refractivity (Wildman–Crippen MR) is 88.3 cm³/mol. The van der Waals surface area contributed by atoms with Crippen molar-refractivity contribution < 1.29 is 0 Å². The third kappa shape index (κ3) is 3.76. The van der Waals surface area contributed by atoms with Crippen LogP contribution in [0.25, 0.3) is 0 Å². The Morgan fingerprint density at radius 1 is 1.25 bits per heavy atom. The second kappa shape index (κ2) is 6.62. The lowest BCUT2D eigenvalue weighted by Crippen LogP contribution is -2.38. The molecule has 0 fully saturated rings. The van der Waals surface area contributed by atoms with E-state index in [4.69, 9.17) is 5.73 Å². The normalized spacial score (nSPS) is 19.0. The number of unbranched alkanes of at least 4 members (excludes halogenated alkanes) is 1. The highest BCUT2D eigenvalue weighted by molar-refractivity contribution is 5.56. The zero-order chi connectivity index (χ0) is 14.6. The molecule has 2 rings (SSSR count). The Hall–Kier alpha value is -1.02. The van der Waals surface area contributed by atoms with Crippen molar-refractivity contribution in [3.8, 4) is 0 Å². The van der Waals surface area contributed by atoms with E-state index in [2.05, 4.69) is 49.9 Å². The van der Waals surface area contributed by atoms with Gasteiger partial charge >= 0.3 is 0 Å². The third-order valence-electron chi connectivity index (χ3n) is 4.72. The first-order valence-electron chi connectivity index (χ1n) is 8.08. The molecule has 2 N–H and O–H groups in total. The SMILES string of the molecule is CC1CCc2ccccc2N1CCCCC(C)(C)CN. The fourth-order valence-electron chi connectivity index (χ4n) is 3.09. The highest BCUT2D eigenvalue weighted by Gasteiger charge is 2.22. The van der Waals surface area contributed by atoms with Gasteiger partial charge < -0.3 is 10.6 Å². The van der Waals surface area contributed by atoms with Crippen LogP contribution < -0.4 is 10.6 Å². The molecule has 1 atom stereocenters. The van der Waals surface area contributed by atoms with Crippen molar-refractivity contribution in [1.29, 1.82) is 0 Å². The summed E-state index contributed by atoms with van der Waals surface area (Å²) in [5, 5.41) is 0. The van der Waals surface area contributed by atoms with Crippen LogP contribution in [0.3, 0.4) is 0 Å². The summed E-state index contributed by atoms with van der Waals surface area (Å²) in [6, 6.07) is 9.58. The first kappa shape index (κ1) is 15.4. The lowest BCUT2D eigenvalue weighted by Gasteiger charge is -2.37. The topological polar surface area (TPSA) is 29.3 Å². The Labute approximate surface area is 124 Å². The van der Waals surface area contributed by atoms with Crippen LogP contribution in [0.2, 0.25) is 0 Å². The second-order valence-corrected chi connectivity index (χ2v) is 7.04. The van der Waals surface area contributed by atoms with Gasteiger partial charge in [-0.15, -0.1) is 0 Å². The summed E-state index contributed by atoms with van der Waals surface area (Å²) in [4.78, 5) is 2.61. The first-order valence-corrected chi connectivity index (χ1v) is 8.08. The van der Waals surface area contributed by atoms with Gasteiger partial charge in [0.1, 0.15) is 0 Å². The average molecular weight is 274 g/mol. The monoisotopic (exact) mass is 274 g/mol. The number of para-hydroxylation sites is 1. The summed E-state index contributed by atoms with van der Waals surface area (Å²) in [6.07, 6.45) is 6.28. The van der Waals surface area contributed by atoms with Crippen molar-refractivity contribution in [3.05, 3.63) is 29.8 Å². The summed E-state index contributed by atoms with van der Waals surface area (Å²) < 4.78 is 0. The predicted octanol–water partition coefficient (Wildman–Crippen LogP) is 3.98. The van der Waals surface area contributed by atoms with E-state index < -0.39 is 0 Å². The van der Waals surface area contributed by atoms with E-state index in [0.29, 0.717) is 11.5 Å². The van der Waals surface area contributed by atoms with Gasteiger partial charge in [0.15, 0.2) is 0 Å². The van der Waals surface area contributed by atoms with Crippen LogP contribution in [0.15, 0.2) is 24.3 Å². The van der Waals surface area contributed by atoms with Crippen LogP contribution in [0, 0.1) is 5.41 Å². The molecule has 2 nitrogen and oxygen atoms in total. The number of aryl methyl sites for hydroxylation is 1. The molecule has 20 heavy (non-hydrogen) atoms. The van der Waals surface area contributed by atoms with E-state index in [9.17, 15) is 0 Å². The van der Waals surface area contributed by atoms with Crippen LogP contribution in [-0.4, -0.2) is 19.1 Å². The molecule has 1 heterocycles. The van der Waals surface area contributed by atoms with Crippen molar-refractivity contribution >= 4 is 5.69 Å². The Bertz CT molecular complexity index is 425. The molecule has 1 aromatic rings. The fourth-order valence-corrected chi connectivity index (χ4v) is 3.09.